The molecule has 0 saturated heterocycles. The van der Waals surface area contributed by atoms with Gasteiger partial charge in [0, 0.05) is 28.2 Å². The molecule has 0 spiro atoms. The number of benzene rings is 3. The van der Waals surface area contributed by atoms with Crippen LogP contribution in [-0.4, -0.2) is 37.8 Å². The second kappa shape index (κ2) is 7.81. The Hall–Kier alpha value is -3.97. The smallest absolute Gasteiger partial charge is 0.335 e. The number of anilines is 2. The maximum absolute atomic E-state index is 11.6. The molecule has 2 aromatic heterocycles. The van der Waals surface area contributed by atoms with Gasteiger partial charge in [-0.25, -0.2) is 14.8 Å². The van der Waals surface area contributed by atoms with Crippen LogP contribution in [0.25, 0.3) is 33.2 Å². The number of fused-ring (bicyclic) bond motifs is 3. The number of aryl methyl sites for hydroxylation is 2. The van der Waals surface area contributed by atoms with E-state index >= 15 is 0 Å². The molecule has 1 aliphatic rings. The Labute approximate surface area is 200 Å². The van der Waals surface area contributed by atoms with Crippen LogP contribution in [0.3, 0.4) is 0 Å². The van der Waals surface area contributed by atoms with E-state index in [1.807, 2.05) is 37.3 Å². The molecular weight excluding hydrogens is 450 g/mol. The van der Waals surface area contributed by atoms with Gasteiger partial charge in [0.1, 0.15) is 5.69 Å². The number of hydrogen-bond acceptors (Lipinski definition) is 5. The average Bonchev–Trinajstić information content (AvgIpc) is 3.22. The van der Waals surface area contributed by atoms with Crippen molar-refractivity contribution >= 4 is 51.0 Å². The van der Waals surface area contributed by atoms with Gasteiger partial charge in [0.2, 0.25) is 0 Å². The lowest BCUT2D eigenvalue weighted by atomic mass is 10.0. The first kappa shape index (κ1) is 20.6. The van der Waals surface area contributed by atoms with E-state index in [0.29, 0.717) is 21.9 Å². The Bertz CT molecular complexity index is 1610. The molecule has 0 radical (unpaired) electrons. The Morgan fingerprint density at radius 2 is 1.94 bits per heavy atom. The zero-order chi connectivity index (χ0) is 23.4. The highest BCUT2D eigenvalue weighted by atomic mass is 35.5. The number of nitrogens with one attached hydrogen (secondary N) is 1. The normalized spacial score (nSPS) is 13.4. The van der Waals surface area contributed by atoms with Crippen molar-refractivity contribution in [1.29, 1.82) is 0 Å². The number of aromatic carboxylic acids is 1. The largest absolute Gasteiger partial charge is 0.478 e. The summed E-state index contributed by atoms with van der Waals surface area (Å²) < 4.78 is 0. The van der Waals surface area contributed by atoms with Gasteiger partial charge >= 0.3 is 5.97 Å². The number of carboxylic acids is 1. The van der Waals surface area contributed by atoms with Gasteiger partial charge in [0.15, 0.2) is 5.82 Å². The molecule has 7 nitrogen and oxygen atoms in total. The van der Waals surface area contributed by atoms with Crippen molar-refractivity contribution < 1.29 is 9.90 Å². The molecular formula is C26H20ClN5O2. The molecule has 0 aliphatic carbocycles. The predicted molar refractivity (Wildman–Crippen MR) is 133 cm³/mol. The van der Waals surface area contributed by atoms with Crippen molar-refractivity contribution in [2.75, 3.05) is 11.4 Å². The highest BCUT2D eigenvalue weighted by molar-refractivity contribution is 6.30. The first-order chi connectivity index (χ1) is 16.5. The number of carboxylic acid groups (broad SMARTS) is 1. The molecule has 0 bridgehead atoms. The van der Waals surface area contributed by atoms with Crippen molar-refractivity contribution in [3.05, 3.63) is 76.4 Å². The van der Waals surface area contributed by atoms with Crippen molar-refractivity contribution in [1.82, 2.24) is 20.2 Å². The highest BCUT2D eigenvalue weighted by Gasteiger charge is 2.24. The van der Waals surface area contributed by atoms with Crippen LogP contribution in [0.2, 0.25) is 5.02 Å². The Balaban J connectivity index is 1.62. The molecule has 6 rings (SSSR count). The fraction of sp³-hybridized carbons (Fsp3) is 0.154. The first-order valence-corrected chi connectivity index (χ1v) is 11.4. The molecule has 2 N–H and O–H groups in total. The lowest BCUT2D eigenvalue weighted by Crippen LogP contribution is -2.26. The van der Waals surface area contributed by atoms with Crippen molar-refractivity contribution in [2.45, 2.75) is 19.8 Å². The number of halogens is 1. The van der Waals surface area contributed by atoms with E-state index in [-0.39, 0.29) is 5.56 Å². The minimum absolute atomic E-state index is 0.182. The maximum Gasteiger partial charge on any atom is 0.335 e. The summed E-state index contributed by atoms with van der Waals surface area (Å²) in [5.41, 5.74) is 7.10. The molecule has 0 unspecified atom stereocenters. The van der Waals surface area contributed by atoms with Gasteiger partial charge in [0.05, 0.1) is 27.8 Å². The topological polar surface area (TPSA) is 95.0 Å². The lowest BCUT2D eigenvalue weighted by Gasteiger charge is -2.31. The van der Waals surface area contributed by atoms with Crippen LogP contribution in [0, 0.1) is 6.92 Å². The van der Waals surface area contributed by atoms with Crippen LogP contribution in [0.4, 0.5) is 11.5 Å². The number of carbonyl (C=O) groups is 1. The number of H-pyrrole nitrogens is 1. The first-order valence-electron chi connectivity index (χ1n) is 11.0. The molecule has 0 fully saturated rings. The highest BCUT2D eigenvalue weighted by Crippen LogP contribution is 2.39. The molecule has 3 aromatic carbocycles. The van der Waals surface area contributed by atoms with E-state index in [0.717, 1.165) is 58.5 Å². The zero-order valence-corrected chi connectivity index (χ0v) is 19.1. The minimum Gasteiger partial charge on any atom is -0.478 e. The van der Waals surface area contributed by atoms with Gasteiger partial charge in [-0.1, -0.05) is 17.7 Å². The number of hydrogen-bond donors (Lipinski definition) is 2. The lowest BCUT2D eigenvalue weighted by molar-refractivity contribution is 0.0697. The van der Waals surface area contributed by atoms with Crippen LogP contribution in [0.15, 0.2) is 54.6 Å². The Morgan fingerprint density at radius 3 is 2.79 bits per heavy atom. The van der Waals surface area contributed by atoms with Crippen LogP contribution >= 0.6 is 11.6 Å². The fourth-order valence-electron chi connectivity index (χ4n) is 4.64. The second-order valence-corrected chi connectivity index (χ2v) is 8.94. The number of aromatic nitrogens is 4. The van der Waals surface area contributed by atoms with Crippen LogP contribution in [-0.2, 0) is 6.42 Å². The van der Waals surface area contributed by atoms with E-state index in [9.17, 15) is 9.90 Å². The molecule has 34 heavy (non-hydrogen) atoms. The van der Waals surface area contributed by atoms with Crippen LogP contribution in [0.5, 0.6) is 0 Å². The summed E-state index contributed by atoms with van der Waals surface area (Å²) in [5, 5.41) is 18.6. The molecule has 0 saturated carbocycles. The summed E-state index contributed by atoms with van der Waals surface area (Å²) in [6, 6.07) is 16.8. The van der Waals surface area contributed by atoms with Gasteiger partial charge in [-0.15, -0.1) is 0 Å². The fourth-order valence-corrected chi connectivity index (χ4v) is 4.83. The van der Waals surface area contributed by atoms with E-state index in [4.69, 9.17) is 21.6 Å². The van der Waals surface area contributed by atoms with Crippen LogP contribution < -0.4 is 4.90 Å². The van der Waals surface area contributed by atoms with E-state index in [1.165, 1.54) is 0 Å². The summed E-state index contributed by atoms with van der Waals surface area (Å²) >= 11 is 6.27. The van der Waals surface area contributed by atoms with Crippen molar-refractivity contribution in [2.24, 2.45) is 0 Å². The molecule has 0 atom stereocenters. The van der Waals surface area contributed by atoms with E-state index in [1.54, 1.807) is 18.2 Å². The van der Waals surface area contributed by atoms with Crippen molar-refractivity contribution in [3.63, 3.8) is 0 Å². The molecule has 0 amide bonds. The van der Waals surface area contributed by atoms with Gasteiger partial charge < -0.3 is 10.0 Å². The SMILES string of the molecule is Cc1n[nH]c2ccc(-c3nc4ccc(C(=O)O)cc4nc3N3CCCc4cc(Cl)ccc43)cc12. The second-order valence-electron chi connectivity index (χ2n) is 8.50. The van der Waals surface area contributed by atoms with Gasteiger partial charge in [-0.2, -0.15) is 5.10 Å². The predicted octanol–water partition coefficient (Wildman–Crippen LogP) is 5.92. The Kier molecular flexibility index (Phi) is 4.74. The quantitative estimate of drug-likeness (QED) is 0.340. The standard InChI is InChI=1S/C26H20ClN5O2/c1-14-19-12-16(4-7-20(19)31-30-14)24-25(29-22-13-17(26(33)34)5-8-21(22)28-24)32-10-2-3-15-11-18(27)6-9-23(15)32/h4-9,11-13H,2-3,10H2,1H3,(H,30,31)(H,33,34). The van der Waals surface area contributed by atoms with Gasteiger partial charge in [-0.3, -0.25) is 5.10 Å². The summed E-state index contributed by atoms with van der Waals surface area (Å²) in [6.07, 6.45) is 1.88. The monoisotopic (exact) mass is 469 g/mol. The summed E-state index contributed by atoms with van der Waals surface area (Å²) in [7, 11) is 0. The van der Waals surface area contributed by atoms with E-state index < -0.39 is 5.97 Å². The van der Waals surface area contributed by atoms with Crippen LogP contribution in [0.1, 0.15) is 28.0 Å². The van der Waals surface area contributed by atoms with Crippen molar-refractivity contribution in [3.8, 4) is 11.3 Å². The number of rotatable bonds is 3. The van der Waals surface area contributed by atoms with Gasteiger partial charge in [-0.05, 0) is 73.9 Å². The summed E-state index contributed by atoms with van der Waals surface area (Å²) in [4.78, 5) is 23.7. The third-order valence-electron chi connectivity index (χ3n) is 6.34. The molecule has 8 heteroatoms. The third kappa shape index (κ3) is 3.36. The third-order valence-corrected chi connectivity index (χ3v) is 6.57. The molecule has 3 heterocycles. The van der Waals surface area contributed by atoms with E-state index in [2.05, 4.69) is 21.2 Å². The molecule has 168 valence electrons. The molecule has 5 aromatic rings. The summed E-state index contributed by atoms with van der Waals surface area (Å²) in [6.45, 7) is 2.74. The average molecular weight is 470 g/mol. The Morgan fingerprint density at radius 1 is 1.06 bits per heavy atom. The van der Waals surface area contributed by atoms with Gasteiger partial charge in [0.25, 0.3) is 0 Å². The maximum atomic E-state index is 11.6. The number of nitrogens with zero attached hydrogens (tertiary/aromatic N) is 4. The number of aromatic amines is 1. The molecule has 1 aliphatic heterocycles. The zero-order valence-electron chi connectivity index (χ0n) is 18.3. The summed E-state index contributed by atoms with van der Waals surface area (Å²) in [5.74, 6) is -0.299. The minimum atomic E-state index is -0.992.